The van der Waals surface area contributed by atoms with Gasteiger partial charge in [-0.3, -0.25) is 4.79 Å². The van der Waals surface area contributed by atoms with Gasteiger partial charge in [0, 0.05) is 46.4 Å². The highest BCUT2D eigenvalue weighted by atomic mass is 32.1. The summed E-state index contributed by atoms with van der Waals surface area (Å²) in [5, 5.41) is 15.9. The molecule has 0 bridgehead atoms. The lowest BCUT2D eigenvalue weighted by atomic mass is 9.92. The predicted octanol–water partition coefficient (Wildman–Crippen LogP) is 2.58. The number of carbonyl (C=O) groups is 1. The van der Waals surface area contributed by atoms with Gasteiger partial charge in [0.15, 0.2) is 6.23 Å². The van der Waals surface area contributed by atoms with E-state index in [-0.39, 0.29) is 5.91 Å². The molecule has 0 spiro atoms. The summed E-state index contributed by atoms with van der Waals surface area (Å²) in [5.74, 6) is 0.379. The molecule has 0 saturated heterocycles. The minimum Gasteiger partial charge on any atom is -0.384 e. The van der Waals surface area contributed by atoms with Gasteiger partial charge in [0.2, 0.25) is 0 Å². The van der Waals surface area contributed by atoms with Gasteiger partial charge in [-0.05, 0) is 39.2 Å². The molecule has 0 aromatic heterocycles. The molecule has 134 valence electrons. The fourth-order valence-corrected chi connectivity index (χ4v) is 3.58. The van der Waals surface area contributed by atoms with E-state index in [1.165, 1.54) is 4.90 Å². The van der Waals surface area contributed by atoms with Crippen LogP contribution in [0, 0.1) is 0 Å². The highest BCUT2D eigenvalue weighted by Crippen LogP contribution is 2.38. The van der Waals surface area contributed by atoms with Crippen molar-refractivity contribution in [2.24, 2.45) is 0 Å². The maximum absolute atomic E-state index is 12.8. The van der Waals surface area contributed by atoms with Gasteiger partial charge in [0.25, 0.3) is 5.91 Å². The number of thiol groups is 1. The number of rotatable bonds is 7. The van der Waals surface area contributed by atoms with E-state index in [1.807, 2.05) is 30.3 Å². The van der Waals surface area contributed by atoms with Crippen LogP contribution in [0.25, 0.3) is 10.8 Å². The molecule has 2 aromatic rings. The molecule has 1 aliphatic rings. The van der Waals surface area contributed by atoms with Crippen LogP contribution in [0.1, 0.15) is 28.6 Å². The summed E-state index contributed by atoms with van der Waals surface area (Å²) in [6.45, 7) is 2.30. The minimum absolute atomic E-state index is 0.135. The third-order valence-corrected chi connectivity index (χ3v) is 4.78. The smallest absolute Gasteiger partial charge is 0.256 e. The second-order valence-electron chi connectivity index (χ2n) is 6.61. The lowest BCUT2D eigenvalue weighted by molar-refractivity contribution is 0.00799. The van der Waals surface area contributed by atoms with E-state index in [0.717, 1.165) is 41.5 Å². The Hall–Kier alpha value is -1.76. The fraction of sp³-hybridized carbons (Fsp3) is 0.421. The molecule has 2 aromatic carbocycles. The SMILES string of the molecule is CN(C)CCCNc1ccc2c3c(cccc13)C(=O)N(CCS)C2O. The number of amides is 1. The largest absolute Gasteiger partial charge is 0.384 e. The van der Waals surface area contributed by atoms with Crippen molar-refractivity contribution in [2.75, 3.05) is 44.8 Å². The van der Waals surface area contributed by atoms with Crippen molar-refractivity contribution in [3.05, 3.63) is 41.5 Å². The highest BCUT2D eigenvalue weighted by molar-refractivity contribution is 7.80. The summed E-state index contributed by atoms with van der Waals surface area (Å²) in [7, 11) is 4.12. The van der Waals surface area contributed by atoms with Crippen LogP contribution in [0.15, 0.2) is 30.3 Å². The van der Waals surface area contributed by atoms with E-state index in [4.69, 9.17) is 0 Å². The first-order valence-electron chi connectivity index (χ1n) is 8.58. The monoisotopic (exact) mass is 359 g/mol. The summed E-state index contributed by atoms with van der Waals surface area (Å²) >= 11 is 4.20. The van der Waals surface area contributed by atoms with Crippen molar-refractivity contribution in [3.63, 3.8) is 0 Å². The van der Waals surface area contributed by atoms with E-state index in [9.17, 15) is 9.90 Å². The van der Waals surface area contributed by atoms with Crippen molar-refractivity contribution in [1.29, 1.82) is 0 Å². The van der Waals surface area contributed by atoms with Crippen LogP contribution >= 0.6 is 12.6 Å². The normalized spacial score (nSPS) is 16.8. The first-order valence-corrected chi connectivity index (χ1v) is 9.22. The molecule has 1 aliphatic heterocycles. The average Bonchev–Trinajstić information content (AvgIpc) is 2.60. The zero-order chi connectivity index (χ0) is 18.0. The average molecular weight is 359 g/mol. The summed E-state index contributed by atoms with van der Waals surface area (Å²) in [4.78, 5) is 16.4. The van der Waals surface area contributed by atoms with Crippen molar-refractivity contribution < 1.29 is 9.90 Å². The van der Waals surface area contributed by atoms with Gasteiger partial charge >= 0.3 is 0 Å². The molecule has 0 saturated carbocycles. The predicted molar refractivity (Wildman–Crippen MR) is 105 cm³/mol. The third-order valence-electron chi connectivity index (χ3n) is 4.58. The van der Waals surface area contributed by atoms with Crippen molar-refractivity contribution in [3.8, 4) is 0 Å². The Kier molecular flexibility index (Phi) is 5.51. The maximum atomic E-state index is 12.8. The molecule has 2 N–H and O–H groups in total. The van der Waals surface area contributed by atoms with Crippen LogP contribution in [0.3, 0.4) is 0 Å². The molecule has 0 aliphatic carbocycles. The Morgan fingerprint density at radius 1 is 1.28 bits per heavy atom. The van der Waals surface area contributed by atoms with Gasteiger partial charge in [-0.1, -0.05) is 18.2 Å². The van der Waals surface area contributed by atoms with Crippen LogP contribution < -0.4 is 5.32 Å². The van der Waals surface area contributed by atoms with Crippen LogP contribution in [-0.2, 0) is 0 Å². The number of carbonyl (C=O) groups excluding carboxylic acids is 1. The molecule has 6 heteroatoms. The van der Waals surface area contributed by atoms with Gasteiger partial charge < -0.3 is 20.2 Å². The first-order chi connectivity index (χ1) is 12.0. The van der Waals surface area contributed by atoms with Crippen LogP contribution in [0.5, 0.6) is 0 Å². The topological polar surface area (TPSA) is 55.8 Å². The Morgan fingerprint density at radius 2 is 2.08 bits per heavy atom. The fourth-order valence-electron chi connectivity index (χ4n) is 3.37. The van der Waals surface area contributed by atoms with Crippen molar-refractivity contribution >= 4 is 35.0 Å². The standard InChI is InChI=1S/C19H25N3O2S/c1-21(2)10-4-9-20-16-8-7-15-17-13(16)5-3-6-14(17)18(23)22(11-12-25)19(15)24/h3,5-8,19-20,24-25H,4,9-12H2,1-2H3. The number of benzene rings is 2. The summed E-state index contributed by atoms with van der Waals surface area (Å²) in [5.41, 5.74) is 2.43. The lowest BCUT2D eigenvalue weighted by Crippen LogP contribution is -2.39. The van der Waals surface area contributed by atoms with Gasteiger partial charge in [0.1, 0.15) is 0 Å². The van der Waals surface area contributed by atoms with E-state index < -0.39 is 6.23 Å². The van der Waals surface area contributed by atoms with Gasteiger partial charge in [0.05, 0.1) is 0 Å². The molecule has 3 rings (SSSR count). The van der Waals surface area contributed by atoms with Crippen molar-refractivity contribution in [1.82, 2.24) is 9.80 Å². The number of hydrogen-bond acceptors (Lipinski definition) is 5. The van der Waals surface area contributed by atoms with Crippen LogP contribution in [0.4, 0.5) is 5.69 Å². The van der Waals surface area contributed by atoms with E-state index in [0.29, 0.717) is 17.9 Å². The quantitative estimate of drug-likeness (QED) is 0.525. The molecular weight excluding hydrogens is 334 g/mol. The second-order valence-corrected chi connectivity index (χ2v) is 7.06. The number of hydrogen-bond donors (Lipinski definition) is 3. The summed E-state index contributed by atoms with van der Waals surface area (Å²) in [6, 6.07) is 9.66. The Balaban J connectivity index is 1.95. The summed E-state index contributed by atoms with van der Waals surface area (Å²) in [6.07, 6.45) is 0.118. The molecule has 5 nitrogen and oxygen atoms in total. The zero-order valence-electron chi connectivity index (χ0n) is 14.7. The number of nitrogens with zero attached hydrogens (tertiary/aromatic N) is 2. The molecule has 1 amide bonds. The molecule has 1 atom stereocenters. The number of nitrogens with one attached hydrogen (secondary N) is 1. The second kappa shape index (κ2) is 7.64. The van der Waals surface area contributed by atoms with Gasteiger partial charge in [-0.2, -0.15) is 12.6 Å². The zero-order valence-corrected chi connectivity index (χ0v) is 15.6. The van der Waals surface area contributed by atoms with Gasteiger partial charge in [-0.25, -0.2) is 0 Å². The molecule has 0 fully saturated rings. The summed E-state index contributed by atoms with van der Waals surface area (Å²) < 4.78 is 0. The Morgan fingerprint density at radius 3 is 2.80 bits per heavy atom. The molecule has 1 unspecified atom stereocenters. The van der Waals surface area contributed by atoms with Crippen LogP contribution in [-0.4, -0.2) is 60.3 Å². The number of aliphatic hydroxyl groups excluding tert-OH is 1. The van der Waals surface area contributed by atoms with E-state index >= 15 is 0 Å². The van der Waals surface area contributed by atoms with E-state index in [2.05, 4.69) is 36.9 Å². The molecule has 25 heavy (non-hydrogen) atoms. The Bertz CT molecular complexity index is 779. The molecule has 1 heterocycles. The van der Waals surface area contributed by atoms with Crippen molar-refractivity contribution in [2.45, 2.75) is 12.6 Å². The Labute approximate surface area is 154 Å². The third kappa shape index (κ3) is 3.47. The molecule has 0 radical (unpaired) electrons. The first kappa shape index (κ1) is 18.0. The minimum atomic E-state index is -0.917. The lowest BCUT2D eigenvalue weighted by Gasteiger charge is -2.34. The van der Waals surface area contributed by atoms with E-state index in [1.54, 1.807) is 0 Å². The maximum Gasteiger partial charge on any atom is 0.256 e. The number of aliphatic hydroxyl groups is 1. The molecular formula is C19H25N3O2S. The highest BCUT2D eigenvalue weighted by Gasteiger charge is 2.32. The van der Waals surface area contributed by atoms with Gasteiger partial charge in [-0.15, -0.1) is 0 Å². The van der Waals surface area contributed by atoms with Crippen LogP contribution in [0.2, 0.25) is 0 Å². The number of anilines is 1.